The van der Waals surface area contributed by atoms with Gasteiger partial charge in [-0.3, -0.25) is 10.2 Å². The first-order valence-corrected chi connectivity index (χ1v) is 3.90. The molecular formula is C7H17N3O2. The second kappa shape index (κ2) is 5.08. The maximum absolute atomic E-state index is 10.9. The minimum absolute atomic E-state index is 0.169. The quantitative estimate of drug-likeness (QED) is 0.240. The fraction of sp³-hybridized carbons (Fsp3) is 0.857. The van der Waals surface area contributed by atoms with E-state index in [4.69, 9.17) is 5.84 Å². The number of carbonyl (C=O) groups is 1. The molecule has 72 valence electrons. The summed E-state index contributed by atoms with van der Waals surface area (Å²) in [7, 11) is 1.69. The molecule has 0 spiro atoms. The van der Waals surface area contributed by atoms with Crippen LogP contribution < -0.4 is 16.6 Å². The van der Waals surface area contributed by atoms with E-state index in [-0.39, 0.29) is 12.0 Å². The van der Waals surface area contributed by atoms with Gasteiger partial charge in [0.2, 0.25) is 0 Å². The molecule has 0 saturated carbocycles. The molecule has 0 fully saturated rings. The van der Waals surface area contributed by atoms with Crippen LogP contribution in [0.1, 0.15) is 13.8 Å². The largest absolute Gasteiger partial charge is 0.382 e. The minimum atomic E-state index is -1.10. The highest BCUT2D eigenvalue weighted by Gasteiger charge is 2.26. The highest BCUT2D eigenvalue weighted by Crippen LogP contribution is 2.05. The standard InChI is InChI=1S/C7H17N3O2/c1-4(2)5(9-3)6(11)7(12)10-8/h4-6,9,11H,8H2,1-3H3,(H,10,12). The average Bonchev–Trinajstić information content (AvgIpc) is 2.03. The zero-order chi connectivity index (χ0) is 9.72. The Labute approximate surface area is 72.3 Å². The number of carbonyl (C=O) groups excluding carboxylic acids is 1. The molecule has 2 unspecified atom stereocenters. The van der Waals surface area contributed by atoms with Gasteiger partial charge < -0.3 is 10.4 Å². The molecule has 0 bridgehead atoms. The molecule has 5 heteroatoms. The molecule has 0 rings (SSSR count). The Morgan fingerprint density at radius 3 is 2.25 bits per heavy atom. The van der Waals surface area contributed by atoms with E-state index in [1.54, 1.807) is 7.05 Å². The van der Waals surface area contributed by atoms with Crippen molar-refractivity contribution in [2.24, 2.45) is 11.8 Å². The van der Waals surface area contributed by atoms with Gasteiger partial charge in [0.05, 0.1) is 0 Å². The fourth-order valence-electron chi connectivity index (χ4n) is 1.10. The maximum Gasteiger partial charge on any atom is 0.264 e. The second-order valence-electron chi connectivity index (χ2n) is 3.01. The molecule has 0 heterocycles. The van der Waals surface area contributed by atoms with E-state index in [9.17, 15) is 9.90 Å². The number of hydrazine groups is 1. The Balaban J connectivity index is 4.20. The third-order valence-corrected chi connectivity index (χ3v) is 1.80. The number of hydrogen-bond donors (Lipinski definition) is 4. The first-order chi connectivity index (χ1) is 5.54. The zero-order valence-corrected chi connectivity index (χ0v) is 7.66. The van der Waals surface area contributed by atoms with Crippen molar-refractivity contribution < 1.29 is 9.90 Å². The summed E-state index contributed by atoms with van der Waals surface area (Å²) in [4.78, 5) is 10.9. The summed E-state index contributed by atoms with van der Waals surface area (Å²) in [5.41, 5.74) is 1.91. The van der Waals surface area contributed by atoms with Crippen molar-refractivity contribution >= 4 is 5.91 Å². The van der Waals surface area contributed by atoms with Crippen molar-refractivity contribution in [1.29, 1.82) is 0 Å². The molecule has 0 aliphatic rings. The van der Waals surface area contributed by atoms with Crippen LogP contribution >= 0.6 is 0 Å². The number of nitrogens with two attached hydrogens (primary N) is 1. The number of hydrogen-bond acceptors (Lipinski definition) is 4. The van der Waals surface area contributed by atoms with Gasteiger partial charge in [0.25, 0.3) is 5.91 Å². The van der Waals surface area contributed by atoms with Crippen LogP contribution in [-0.4, -0.2) is 30.2 Å². The van der Waals surface area contributed by atoms with Crippen LogP contribution in [0.4, 0.5) is 0 Å². The van der Waals surface area contributed by atoms with Crippen molar-refractivity contribution in [1.82, 2.24) is 10.7 Å². The lowest BCUT2D eigenvalue weighted by Gasteiger charge is -2.24. The normalized spacial score (nSPS) is 15.8. The summed E-state index contributed by atoms with van der Waals surface area (Å²) in [5.74, 6) is 4.48. The summed E-state index contributed by atoms with van der Waals surface area (Å²) in [5, 5.41) is 12.2. The Kier molecular flexibility index (Phi) is 4.80. The molecule has 0 saturated heterocycles. The van der Waals surface area contributed by atoms with E-state index >= 15 is 0 Å². The first kappa shape index (κ1) is 11.4. The second-order valence-corrected chi connectivity index (χ2v) is 3.01. The van der Waals surface area contributed by atoms with Gasteiger partial charge in [-0.15, -0.1) is 0 Å². The van der Waals surface area contributed by atoms with Crippen LogP contribution in [0.15, 0.2) is 0 Å². The molecule has 5 nitrogen and oxygen atoms in total. The summed E-state index contributed by atoms with van der Waals surface area (Å²) < 4.78 is 0. The van der Waals surface area contributed by atoms with Crippen LogP contribution in [0, 0.1) is 5.92 Å². The van der Waals surface area contributed by atoms with Gasteiger partial charge in [-0.1, -0.05) is 13.8 Å². The smallest absolute Gasteiger partial charge is 0.264 e. The number of aliphatic hydroxyl groups is 1. The summed E-state index contributed by atoms with van der Waals surface area (Å²) >= 11 is 0. The molecule has 0 aromatic rings. The molecule has 0 aromatic carbocycles. The number of nitrogens with one attached hydrogen (secondary N) is 2. The van der Waals surface area contributed by atoms with Gasteiger partial charge >= 0.3 is 0 Å². The van der Waals surface area contributed by atoms with Crippen LogP contribution in [-0.2, 0) is 4.79 Å². The molecule has 1 amide bonds. The topological polar surface area (TPSA) is 87.4 Å². The Morgan fingerprint density at radius 2 is 2.00 bits per heavy atom. The van der Waals surface area contributed by atoms with Crippen LogP contribution in [0.5, 0.6) is 0 Å². The molecule has 2 atom stereocenters. The summed E-state index contributed by atoms with van der Waals surface area (Å²) in [6.45, 7) is 3.82. The molecule has 0 aromatic heterocycles. The lowest BCUT2D eigenvalue weighted by Crippen LogP contribution is -2.51. The van der Waals surface area contributed by atoms with E-state index in [0.29, 0.717) is 0 Å². The Bertz CT molecular complexity index is 150. The van der Waals surface area contributed by atoms with Gasteiger partial charge in [0, 0.05) is 6.04 Å². The predicted molar refractivity (Wildman–Crippen MR) is 46.0 cm³/mol. The van der Waals surface area contributed by atoms with Crippen molar-refractivity contribution in [3.8, 4) is 0 Å². The summed E-state index contributed by atoms with van der Waals surface area (Å²) in [6, 6.07) is -0.270. The van der Waals surface area contributed by atoms with Gasteiger partial charge in [0.1, 0.15) is 6.10 Å². The first-order valence-electron chi connectivity index (χ1n) is 3.90. The van der Waals surface area contributed by atoms with Crippen molar-refractivity contribution in [2.45, 2.75) is 26.0 Å². The van der Waals surface area contributed by atoms with Gasteiger partial charge in [0.15, 0.2) is 0 Å². The van der Waals surface area contributed by atoms with Gasteiger partial charge in [-0.2, -0.15) is 0 Å². The van der Waals surface area contributed by atoms with Crippen LogP contribution in [0.25, 0.3) is 0 Å². The molecule has 12 heavy (non-hydrogen) atoms. The van der Waals surface area contributed by atoms with Crippen molar-refractivity contribution in [3.63, 3.8) is 0 Å². The van der Waals surface area contributed by atoms with E-state index in [0.717, 1.165) is 0 Å². The number of amides is 1. The lowest BCUT2D eigenvalue weighted by molar-refractivity contribution is -0.131. The van der Waals surface area contributed by atoms with Gasteiger partial charge in [-0.05, 0) is 13.0 Å². The highest BCUT2D eigenvalue weighted by atomic mass is 16.3. The fourth-order valence-corrected chi connectivity index (χ4v) is 1.10. The number of likely N-dealkylation sites (N-methyl/N-ethyl adjacent to an activating group) is 1. The van der Waals surface area contributed by atoms with E-state index in [1.165, 1.54) is 0 Å². The molecule has 0 aliphatic carbocycles. The van der Waals surface area contributed by atoms with Crippen molar-refractivity contribution in [2.75, 3.05) is 7.05 Å². The molecule has 0 radical (unpaired) electrons. The lowest BCUT2D eigenvalue weighted by atomic mass is 9.98. The molecule has 0 aliphatic heterocycles. The number of rotatable bonds is 4. The SMILES string of the molecule is CNC(C(C)C)C(O)C(=O)NN. The number of aliphatic hydroxyl groups excluding tert-OH is 1. The Morgan fingerprint density at radius 1 is 1.50 bits per heavy atom. The van der Waals surface area contributed by atoms with Gasteiger partial charge in [-0.25, -0.2) is 5.84 Å². The highest BCUT2D eigenvalue weighted by molar-refractivity contribution is 5.80. The van der Waals surface area contributed by atoms with Crippen molar-refractivity contribution in [3.05, 3.63) is 0 Å². The minimum Gasteiger partial charge on any atom is -0.382 e. The third kappa shape index (κ3) is 2.77. The summed E-state index contributed by atoms with van der Waals surface area (Å²) in [6.07, 6.45) is -1.10. The Hall–Kier alpha value is -0.650. The zero-order valence-electron chi connectivity index (χ0n) is 7.66. The van der Waals surface area contributed by atoms with E-state index in [1.807, 2.05) is 19.3 Å². The predicted octanol–water partition coefficient (Wildman–Crippen LogP) is -1.42. The van der Waals surface area contributed by atoms with E-state index < -0.39 is 12.0 Å². The molecular weight excluding hydrogens is 158 g/mol. The third-order valence-electron chi connectivity index (χ3n) is 1.80. The average molecular weight is 175 g/mol. The maximum atomic E-state index is 10.9. The van der Waals surface area contributed by atoms with Crippen LogP contribution in [0.3, 0.4) is 0 Å². The van der Waals surface area contributed by atoms with Crippen LogP contribution in [0.2, 0.25) is 0 Å². The monoisotopic (exact) mass is 175 g/mol. The van der Waals surface area contributed by atoms with E-state index in [2.05, 4.69) is 5.32 Å². The molecule has 5 N–H and O–H groups in total.